The number of halogens is 1. The fourth-order valence-electron chi connectivity index (χ4n) is 9.80. The molecule has 0 aromatic heterocycles. The maximum atomic E-state index is 13.2. The van der Waals surface area contributed by atoms with E-state index in [1.165, 1.54) is 0 Å². The highest BCUT2D eigenvalue weighted by molar-refractivity contribution is 6.64. The van der Waals surface area contributed by atoms with Crippen LogP contribution in [0.5, 0.6) is 0 Å². The molecule has 3 saturated carbocycles. The lowest BCUT2D eigenvalue weighted by Crippen LogP contribution is -2.61. The first kappa shape index (κ1) is 28.3. The minimum atomic E-state index is -0.690. The van der Waals surface area contributed by atoms with E-state index >= 15 is 0 Å². The Balaban J connectivity index is 1.88. The second-order valence-electron chi connectivity index (χ2n) is 14.8. The molecule has 0 aromatic rings. The van der Waals surface area contributed by atoms with Gasteiger partial charge in [-0.25, -0.2) is 0 Å². The largest absolute Gasteiger partial charge is 0.299 e. The molecule has 0 bridgehead atoms. The highest BCUT2D eigenvalue weighted by Gasteiger charge is 2.67. The number of nitriles is 1. The summed E-state index contributed by atoms with van der Waals surface area (Å²) >= 11 is 6.39. The van der Waals surface area contributed by atoms with Gasteiger partial charge in [-0.15, -0.1) is 0 Å². The lowest BCUT2D eigenvalue weighted by atomic mass is 9.36. The van der Waals surface area contributed by atoms with E-state index in [4.69, 9.17) is 11.6 Å². The van der Waals surface area contributed by atoms with Crippen molar-refractivity contribution in [3.05, 3.63) is 23.3 Å². The van der Waals surface area contributed by atoms with Crippen molar-refractivity contribution in [3.63, 3.8) is 0 Å². The first-order valence-electron chi connectivity index (χ1n) is 14.0. The van der Waals surface area contributed by atoms with Crippen molar-refractivity contribution in [2.45, 2.75) is 100 Å². The SMILES string of the molecule is CC1C2CC(C)(C)CC[C@]2(C(=O)Cl)CC[C@@]1(C)[C@]1(C)CC[C@H]2C(C)(C)C(=O)C(C#N)=C[C@]2(C)/C1=C/C=O. The van der Waals surface area contributed by atoms with Crippen LogP contribution in [-0.4, -0.2) is 17.3 Å². The lowest BCUT2D eigenvalue weighted by Gasteiger charge is -2.67. The summed E-state index contributed by atoms with van der Waals surface area (Å²) in [6.07, 6.45) is 10.6. The molecule has 4 nitrogen and oxygen atoms in total. The van der Waals surface area contributed by atoms with Gasteiger partial charge in [0.05, 0.1) is 5.57 Å². The molecule has 0 N–H and O–H groups in total. The average molecular weight is 526 g/mol. The van der Waals surface area contributed by atoms with E-state index < -0.39 is 16.2 Å². The van der Waals surface area contributed by atoms with E-state index in [2.05, 4.69) is 47.6 Å². The predicted molar refractivity (Wildman–Crippen MR) is 146 cm³/mol. The van der Waals surface area contributed by atoms with E-state index in [0.717, 1.165) is 56.8 Å². The third-order valence-corrected chi connectivity index (χ3v) is 12.8. The van der Waals surface area contributed by atoms with Gasteiger partial charge in [0.2, 0.25) is 5.24 Å². The first-order valence-corrected chi connectivity index (χ1v) is 14.4. The summed E-state index contributed by atoms with van der Waals surface area (Å²) in [6.45, 7) is 17.6. The number of Topliss-reactive ketones (excluding diaryl/α,β-unsaturated/α-hetero) is 1. The van der Waals surface area contributed by atoms with Gasteiger partial charge in [0.25, 0.3) is 0 Å². The molecule has 5 heteroatoms. The molecule has 0 amide bonds. The number of hydrogen-bond donors (Lipinski definition) is 0. The number of ketones is 1. The van der Waals surface area contributed by atoms with Crippen LogP contribution in [0.1, 0.15) is 100 Å². The number of nitrogens with zero attached hydrogens (tertiary/aromatic N) is 1. The molecule has 7 atom stereocenters. The molecule has 3 fully saturated rings. The highest BCUT2D eigenvalue weighted by atomic mass is 35.5. The Labute approximate surface area is 228 Å². The van der Waals surface area contributed by atoms with Crippen LogP contribution in [0.15, 0.2) is 23.3 Å². The van der Waals surface area contributed by atoms with Crippen LogP contribution in [-0.2, 0) is 14.4 Å². The van der Waals surface area contributed by atoms with Crippen molar-refractivity contribution >= 4 is 28.9 Å². The minimum absolute atomic E-state index is 0.00324. The molecule has 4 aliphatic carbocycles. The normalized spacial score (nSPS) is 45.7. The molecule has 2 unspecified atom stereocenters. The summed E-state index contributed by atoms with van der Waals surface area (Å²) in [5, 5.41) is 9.69. The Kier molecular flexibility index (Phi) is 6.60. The molecule has 0 aliphatic heterocycles. The van der Waals surface area contributed by atoms with Gasteiger partial charge < -0.3 is 0 Å². The van der Waals surface area contributed by atoms with Crippen LogP contribution in [0, 0.1) is 61.6 Å². The van der Waals surface area contributed by atoms with E-state index in [9.17, 15) is 19.6 Å². The van der Waals surface area contributed by atoms with Crippen molar-refractivity contribution in [2.24, 2.45) is 50.2 Å². The smallest absolute Gasteiger partial charge is 0.228 e. The van der Waals surface area contributed by atoms with Crippen LogP contribution < -0.4 is 0 Å². The zero-order chi connectivity index (χ0) is 27.8. The van der Waals surface area contributed by atoms with Crippen molar-refractivity contribution < 1.29 is 14.4 Å². The molecule has 4 aliphatic rings. The van der Waals surface area contributed by atoms with Gasteiger partial charge in [-0.05, 0) is 96.6 Å². The quantitative estimate of drug-likeness (QED) is 0.216. The van der Waals surface area contributed by atoms with Gasteiger partial charge in [-0.3, -0.25) is 14.4 Å². The monoisotopic (exact) mass is 525 g/mol. The maximum absolute atomic E-state index is 13.2. The average Bonchev–Trinajstić information content (AvgIpc) is 2.81. The number of fused-ring (bicyclic) bond motifs is 2. The topological polar surface area (TPSA) is 75.0 Å². The Morgan fingerprint density at radius 2 is 1.68 bits per heavy atom. The Bertz CT molecular complexity index is 1140. The zero-order valence-electron chi connectivity index (χ0n) is 24.0. The predicted octanol–water partition coefficient (Wildman–Crippen LogP) is 7.61. The number of rotatable bonds is 3. The first-order chi connectivity index (χ1) is 17.0. The van der Waals surface area contributed by atoms with E-state index in [1.807, 2.05) is 19.9 Å². The molecule has 0 spiro atoms. The summed E-state index contributed by atoms with van der Waals surface area (Å²) < 4.78 is 0. The Morgan fingerprint density at radius 1 is 1.05 bits per heavy atom. The molecule has 0 aromatic carbocycles. The van der Waals surface area contributed by atoms with Gasteiger partial charge >= 0.3 is 0 Å². The summed E-state index contributed by atoms with van der Waals surface area (Å²) in [6, 6.07) is 2.16. The van der Waals surface area contributed by atoms with E-state index in [-0.39, 0.29) is 50.6 Å². The number of aldehydes is 1. The third-order valence-electron chi connectivity index (χ3n) is 12.4. The van der Waals surface area contributed by atoms with Gasteiger partial charge in [0.1, 0.15) is 12.4 Å². The number of carbonyl (C=O) groups is 3. The number of carbonyl (C=O) groups excluding carboxylic acids is 3. The van der Waals surface area contributed by atoms with Gasteiger partial charge in [-0.2, -0.15) is 5.26 Å². The molecular formula is C32H44ClNO3. The summed E-state index contributed by atoms with van der Waals surface area (Å²) in [7, 11) is 0. The standard InChI is InChI=1S/C32H44ClNO3/c1-20-22-18-27(2,3)12-14-32(22,26(33)37)15-13-30(20,7)31(8)11-9-23-28(4,5)25(36)21(19-34)17-29(23,6)24(31)10-16-35/h10,16-17,20,22-23H,9,11-15,18H2,1-8H3/b24-10-/t20?,22?,23-,29-,30+,31+,32-/m0/s1. The van der Waals surface area contributed by atoms with Crippen molar-refractivity contribution in [2.75, 3.05) is 0 Å². The summed E-state index contributed by atoms with van der Waals surface area (Å²) in [5.74, 6) is 0.290. The molecule has 37 heavy (non-hydrogen) atoms. The summed E-state index contributed by atoms with van der Waals surface area (Å²) in [5.41, 5.74) is -0.884. The molecule has 0 radical (unpaired) electrons. The van der Waals surface area contributed by atoms with Crippen LogP contribution in [0.25, 0.3) is 0 Å². The number of allylic oxidation sites excluding steroid dienone is 4. The highest BCUT2D eigenvalue weighted by Crippen LogP contribution is 2.72. The van der Waals surface area contributed by atoms with Gasteiger partial charge in [0, 0.05) is 16.2 Å². The zero-order valence-corrected chi connectivity index (χ0v) is 24.7. The molecule has 0 saturated heterocycles. The fourth-order valence-corrected chi connectivity index (χ4v) is 10.1. The van der Waals surface area contributed by atoms with Crippen molar-refractivity contribution in [1.29, 1.82) is 5.26 Å². The molecule has 4 rings (SSSR count). The van der Waals surface area contributed by atoms with Gasteiger partial charge in [-0.1, -0.05) is 67.0 Å². The molecular weight excluding hydrogens is 482 g/mol. The number of hydrogen-bond acceptors (Lipinski definition) is 4. The maximum Gasteiger partial charge on any atom is 0.228 e. The molecule has 202 valence electrons. The Hall–Kier alpha value is -1.73. The van der Waals surface area contributed by atoms with Crippen LogP contribution in [0.2, 0.25) is 0 Å². The van der Waals surface area contributed by atoms with Crippen molar-refractivity contribution in [3.8, 4) is 6.07 Å². The second-order valence-corrected chi connectivity index (χ2v) is 15.1. The lowest BCUT2D eigenvalue weighted by molar-refractivity contribution is -0.160. The summed E-state index contributed by atoms with van der Waals surface area (Å²) in [4.78, 5) is 38.4. The Morgan fingerprint density at radius 3 is 2.24 bits per heavy atom. The van der Waals surface area contributed by atoms with E-state index in [1.54, 1.807) is 6.08 Å². The van der Waals surface area contributed by atoms with Crippen molar-refractivity contribution in [1.82, 2.24) is 0 Å². The van der Waals surface area contributed by atoms with Gasteiger partial charge in [0.15, 0.2) is 5.78 Å². The van der Waals surface area contributed by atoms with Crippen LogP contribution >= 0.6 is 11.6 Å². The van der Waals surface area contributed by atoms with Crippen LogP contribution in [0.3, 0.4) is 0 Å². The fraction of sp³-hybridized carbons (Fsp3) is 0.750. The van der Waals surface area contributed by atoms with Crippen LogP contribution in [0.4, 0.5) is 0 Å². The third kappa shape index (κ3) is 3.70. The second kappa shape index (κ2) is 8.64. The molecule has 0 heterocycles. The minimum Gasteiger partial charge on any atom is -0.299 e. The van der Waals surface area contributed by atoms with E-state index in [0.29, 0.717) is 0 Å².